The Morgan fingerprint density at radius 2 is 1.33 bits per heavy atom. The van der Waals surface area contributed by atoms with E-state index in [9.17, 15) is 9.59 Å². The third-order valence-corrected chi connectivity index (χ3v) is 5.99. The lowest BCUT2D eigenvalue weighted by Gasteiger charge is -2.22. The third-order valence-electron chi connectivity index (χ3n) is 5.99. The van der Waals surface area contributed by atoms with Crippen LogP contribution in [0.15, 0.2) is 131 Å². The molecule has 0 aliphatic rings. The first-order valence-electron chi connectivity index (χ1n) is 11.8. The summed E-state index contributed by atoms with van der Waals surface area (Å²) in [5.41, 5.74) is 4.33. The molecule has 1 heterocycles. The Balaban J connectivity index is 1.38. The molecule has 0 spiro atoms. The second-order valence-electron chi connectivity index (χ2n) is 8.59. The first kappa shape index (κ1) is 23.1. The standard InChI is InChI=1S/C32H25NO3/c34-29-21-31(36-30-14-8-7-13-28(29)30)27-18-15-26(16-19-27)23-33(22-25-11-5-2-6-12-25)32(35)20-17-24-9-3-1-4-10-24/h1-21H,22-23H2/b20-17+. The fraction of sp³-hybridized carbons (Fsp3) is 0.0625. The lowest BCUT2D eigenvalue weighted by Crippen LogP contribution is -2.28. The van der Waals surface area contributed by atoms with E-state index < -0.39 is 0 Å². The minimum absolute atomic E-state index is 0.0627. The highest BCUT2D eigenvalue weighted by molar-refractivity contribution is 5.91. The maximum absolute atomic E-state index is 13.2. The Labute approximate surface area is 209 Å². The van der Waals surface area contributed by atoms with Gasteiger partial charge in [-0.1, -0.05) is 97.1 Å². The molecule has 4 heteroatoms. The molecule has 0 unspecified atom stereocenters. The number of para-hydroxylation sites is 1. The summed E-state index contributed by atoms with van der Waals surface area (Å²) >= 11 is 0. The number of rotatable bonds is 7. The van der Waals surface area contributed by atoms with Crippen LogP contribution >= 0.6 is 0 Å². The summed E-state index contributed by atoms with van der Waals surface area (Å²) in [6, 6.07) is 36.3. The Morgan fingerprint density at radius 1 is 0.722 bits per heavy atom. The smallest absolute Gasteiger partial charge is 0.247 e. The number of hydrogen-bond donors (Lipinski definition) is 0. The Bertz CT molecular complexity index is 1550. The zero-order chi connectivity index (χ0) is 24.7. The number of nitrogens with zero attached hydrogens (tertiary/aromatic N) is 1. The highest BCUT2D eigenvalue weighted by atomic mass is 16.3. The molecule has 0 atom stereocenters. The summed E-state index contributed by atoms with van der Waals surface area (Å²) in [6.45, 7) is 0.953. The van der Waals surface area contributed by atoms with Gasteiger partial charge in [-0.2, -0.15) is 0 Å². The molecule has 0 bridgehead atoms. The summed E-state index contributed by atoms with van der Waals surface area (Å²) in [6.07, 6.45) is 3.46. The van der Waals surface area contributed by atoms with Crippen molar-refractivity contribution in [2.45, 2.75) is 13.1 Å². The first-order chi connectivity index (χ1) is 17.7. The highest BCUT2D eigenvalue weighted by Crippen LogP contribution is 2.23. The van der Waals surface area contributed by atoms with Crippen LogP contribution in [0.2, 0.25) is 0 Å². The van der Waals surface area contributed by atoms with Gasteiger partial charge < -0.3 is 9.32 Å². The van der Waals surface area contributed by atoms with Gasteiger partial charge in [-0.05, 0) is 34.9 Å². The molecule has 5 aromatic rings. The van der Waals surface area contributed by atoms with Crippen LogP contribution in [0.1, 0.15) is 16.7 Å². The van der Waals surface area contributed by atoms with Crippen LogP contribution in [-0.4, -0.2) is 10.8 Å². The number of benzene rings is 4. The van der Waals surface area contributed by atoms with Crippen molar-refractivity contribution in [3.63, 3.8) is 0 Å². The van der Waals surface area contributed by atoms with Gasteiger partial charge in [0.25, 0.3) is 0 Å². The van der Waals surface area contributed by atoms with Crippen LogP contribution in [0.25, 0.3) is 28.4 Å². The summed E-state index contributed by atoms with van der Waals surface area (Å²) in [5, 5.41) is 0.566. The molecule has 1 aromatic heterocycles. The van der Waals surface area contributed by atoms with E-state index in [1.54, 1.807) is 18.2 Å². The molecule has 4 aromatic carbocycles. The molecule has 4 nitrogen and oxygen atoms in total. The second-order valence-corrected chi connectivity index (χ2v) is 8.59. The molecule has 0 aliphatic heterocycles. The zero-order valence-corrected chi connectivity index (χ0v) is 19.7. The number of fused-ring (bicyclic) bond motifs is 1. The van der Waals surface area contributed by atoms with E-state index in [4.69, 9.17) is 4.42 Å². The summed E-state index contributed by atoms with van der Waals surface area (Å²) in [5.74, 6) is 0.459. The van der Waals surface area contributed by atoms with Gasteiger partial charge in [-0.15, -0.1) is 0 Å². The van der Waals surface area contributed by atoms with E-state index in [0.717, 1.165) is 22.3 Å². The van der Waals surface area contributed by atoms with Crippen molar-refractivity contribution in [1.82, 2.24) is 4.90 Å². The monoisotopic (exact) mass is 471 g/mol. The molecular formula is C32H25NO3. The van der Waals surface area contributed by atoms with Crippen LogP contribution in [-0.2, 0) is 17.9 Å². The molecule has 0 radical (unpaired) electrons. The van der Waals surface area contributed by atoms with Gasteiger partial charge in [0.15, 0.2) is 5.43 Å². The molecule has 0 aliphatic carbocycles. The maximum Gasteiger partial charge on any atom is 0.247 e. The van der Waals surface area contributed by atoms with E-state index in [-0.39, 0.29) is 11.3 Å². The highest BCUT2D eigenvalue weighted by Gasteiger charge is 2.13. The van der Waals surface area contributed by atoms with Crippen molar-refractivity contribution in [2.24, 2.45) is 0 Å². The molecule has 36 heavy (non-hydrogen) atoms. The van der Waals surface area contributed by atoms with E-state index in [1.807, 2.05) is 108 Å². The predicted octanol–water partition coefficient (Wildman–Crippen LogP) is 6.70. The molecule has 0 fully saturated rings. The van der Waals surface area contributed by atoms with Crippen molar-refractivity contribution in [1.29, 1.82) is 0 Å². The van der Waals surface area contributed by atoms with Gasteiger partial charge in [0.05, 0.1) is 5.39 Å². The summed E-state index contributed by atoms with van der Waals surface area (Å²) in [4.78, 5) is 27.5. The van der Waals surface area contributed by atoms with Gasteiger partial charge in [0, 0.05) is 30.8 Å². The van der Waals surface area contributed by atoms with Crippen molar-refractivity contribution in [2.75, 3.05) is 0 Å². The van der Waals surface area contributed by atoms with Gasteiger partial charge in [-0.3, -0.25) is 9.59 Å². The topological polar surface area (TPSA) is 50.5 Å². The van der Waals surface area contributed by atoms with Crippen LogP contribution in [0.5, 0.6) is 0 Å². The summed E-state index contributed by atoms with van der Waals surface area (Å²) < 4.78 is 5.97. The van der Waals surface area contributed by atoms with Crippen LogP contribution in [0.3, 0.4) is 0 Å². The normalized spacial score (nSPS) is 11.1. The Morgan fingerprint density at radius 3 is 2.06 bits per heavy atom. The first-order valence-corrected chi connectivity index (χ1v) is 11.8. The number of hydrogen-bond acceptors (Lipinski definition) is 3. The van der Waals surface area contributed by atoms with Crippen molar-refractivity contribution >= 4 is 23.0 Å². The minimum Gasteiger partial charge on any atom is -0.456 e. The Hall–Kier alpha value is -4.70. The average molecular weight is 472 g/mol. The van der Waals surface area contributed by atoms with Crippen LogP contribution < -0.4 is 5.43 Å². The Kier molecular flexibility index (Phi) is 6.86. The fourth-order valence-electron chi connectivity index (χ4n) is 4.09. The van der Waals surface area contributed by atoms with Crippen LogP contribution in [0.4, 0.5) is 0 Å². The predicted molar refractivity (Wildman–Crippen MR) is 144 cm³/mol. The summed E-state index contributed by atoms with van der Waals surface area (Å²) in [7, 11) is 0. The quantitative estimate of drug-likeness (QED) is 0.248. The number of carbonyl (C=O) groups excluding carboxylic acids is 1. The lowest BCUT2D eigenvalue weighted by molar-refractivity contribution is -0.127. The van der Waals surface area contributed by atoms with Gasteiger partial charge in [-0.25, -0.2) is 0 Å². The van der Waals surface area contributed by atoms with Gasteiger partial charge in [0.2, 0.25) is 5.91 Å². The van der Waals surface area contributed by atoms with E-state index >= 15 is 0 Å². The largest absolute Gasteiger partial charge is 0.456 e. The molecule has 176 valence electrons. The van der Waals surface area contributed by atoms with E-state index in [2.05, 4.69) is 0 Å². The van der Waals surface area contributed by atoms with Crippen molar-refractivity contribution in [3.8, 4) is 11.3 Å². The lowest BCUT2D eigenvalue weighted by atomic mass is 10.1. The number of carbonyl (C=O) groups is 1. The molecule has 0 saturated heterocycles. The molecule has 1 amide bonds. The van der Waals surface area contributed by atoms with Gasteiger partial charge in [0.1, 0.15) is 11.3 Å². The van der Waals surface area contributed by atoms with Crippen molar-refractivity contribution in [3.05, 3.63) is 148 Å². The molecule has 0 N–H and O–H groups in total. The molecule has 5 rings (SSSR count). The molecular weight excluding hydrogens is 446 g/mol. The van der Waals surface area contributed by atoms with Crippen LogP contribution in [0, 0.1) is 0 Å². The zero-order valence-electron chi connectivity index (χ0n) is 19.7. The third kappa shape index (κ3) is 5.50. The molecule has 0 saturated carbocycles. The second kappa shape index (κ2) is 10.7. The maximum atomic E-state index is 13.2. The fourth-order valence-corrected chi connectivity index (χ4v) is 4.09. The van der Waals surface area contributed by atoms with Crippen molar-refractivity contribution < 1.29 is 9.21 Å². The average Bonchev–Trinajstić information content (AvgIpc) is 2.93. The number of amides is 1. The SMILES string of the molecule is O=C(/C=C/c1ccccc1)N(Cc1ccccc1)Cc1ccc(-c2cc(=O)c3ccccc3o2)cc1. The van der Waals surface area contributed by atoms with E-state index in [1.165, 1.54) is 6.07 Å². The van der Waals surface area contributed by atoms with E-state index in [0.29, 0.717) is 29.8 Å². The minimum atomic E-state index is -0.0687. The van der Waals surface area contributed by atoms with Gasteiger partial charge >= 0.3 is 0 Å².